The molecule has 0 bridgehead atoms. The SMILES string of the molecule is Cl.N#CC1(CCc2ccccc2)CCOCC1.NCc1ccccc1.O=C1CCOCC1. The molecule has 2 aliphatic heterocycles. The second-order valence-electron chi connectivity index (χ2n) is 7.83. The summed E-state index contributed by atoms with van der Waals surface area (Å²) >= 11 is 0. The average Bonchev–Trinajstić information content (AvgIpc) is 2.86. The van der Waals surface area contributed by atoms with Gasteiger partial charge in [0.25, 0.3) is 0 Å². The molecule has 0 aromatic heterocycles. The van der Waals surface area contributed by atoms with E-state index in [9.17, 15) is 10.1 Å². The van der Waals surface area contributed by atoms with E-state index in [1.165, 1.54) is 11.1 Å². The molecule has 2 aromatic carbocycles. The molecule has 0 atom stereocenters. The first-order chi connectivity index (χ1) is 15.2. The van der Waals surface area contributed by atoms with E-state index in [1.54, 1.807) is 0 Å². The third kappa shape index (κ3) is 10.9. The summed E-state index contributed by atoms with van der Waals surface area (Å²) in [6, 6.07) is 22.9. The van der Waals surface area contributed by atoms with Gasteiger partial charge in [0.1, 0.15) is 5.78 Å². The lowest BCUT2D eigenvalue weighted by Crippen LogP contribution is -2.28. The average molecular weight is 459 g/mol. The third-order valence-electron chi connectivity index (χ3n) is 5.55. The lowest BCUT2D eigenvalue weighted by atomic mass is 9.77. The topological polar surface area (TPSA) is 85.3 Å². The Hall–Kier alpha value is -2.23. The summed E-state index contributed by atoms with van der Waals surface area (Å²) in [5, 5.41) is 9.31. The predicted molar refractivity (Wildman–Crippen MR) is 130 cm³/mol. The number of aryl methyl sites for hydroxylation is 1. The summed E-state index contributed by atoms with van der Waals surface area (Å²) in [6.07, 6.45) is 4.97. The number of halogens is 1. The van der Waals surface area contributed by atoms with Crippen LogP contribution in [0.4, 0.5) is 0 Å². The predicted octanol–water partition coefficient (Wildman–Crippen LogP) is 4.87. The molecule has 2 heterocycles. The van der Waals surface area contributed by atoms with Gasteiger partial charge >= 0.3 is 0 Å². The number of benzene rings is 2. The number of hydrogen-bond acceptors (Lipinski definition) is 5. The van der Waals surface area contributed by atoms with Crippen molar-refractivity contribution in [3.63, 3.8) is 0 Å². The molecule has 2 fully saturated rings. The van der Waals surface area contributed by atoms with Crippen LogP contribution in [0.5, 0.6) is 0 Å². The Labute approximate surface area is 198 Å². The smallest absolute Gasteiger partial charge is 0.137 e. The van der Waals surface area contributed by atoms with E-state index in [4.69, 9.17) is 15.2 Å². The van der Waals surface area contributed by atoms with Gasteiger partial charge in [-0.2, -0.15) is 5.26 Å². The molecule has 2 saturated heterocycles. The van der Waals surface area contributed by atoms with Crippen LogP contribution in [0.15, 0.2) is 60.7 Å². The number of carbonyl (C=O) groups is 1. The molecule has 0 unspecified atom stereocenters. The van der Waals surface area contributed by atoms with Crippen molar-refractivity contribution in [3.05, 3.63) is 71.8 Å². The quantitative estimate of drug-likeness (QED) is 0.706. The van der Waals surface area contributed by atoms with Crippen LogP contribution in [0.25, 0.3) is 0 Å². The van der Waals surface area contributed by atoms with Gasteiger partial charge in [-0.3, -0.25) is 4.79 Å². The van der Waals surface area contributed by atoms with Crippen molar-refractivity contribution in [2.45, 2.75) is 45.1 Å². The van der Waals surface area contributed by atoms with Crippen LogP contribution in [0, 0.1) is 16.7 Å². The lowest BCUT2D eigenvalue weighted by Gasteiger charge is -2.30. The monoisotopic (exact) mass is 458 g/mol. The van der Waals surface area contributed by atoms with Gasteiger partial charge in [0.05, 0.1) is 24.7 Å². The summed E-state index contributed by atoms with van der Waals surface area (Å²) in [7, 11) is 0. The normalized spacial score (nSPS) is 16.7. The van der Waals surface area contributed by atoms with E-state index in [0.29, 0.717) is 38.4 Å². The molecule has 0 spiro atoms. The molecule has 0 radical (unpaired) electrons. The van der Waals surface area contributed by atoms with Crippen molar-refractivity contribution in [1.29, 1.82) is 5.26 Å². The zero-order valence-electron chi connectivity index (χ0n) is 18.7. The largest absolute Gasteiger partial charge is 0.381 e. The molecule has 32 heavy (non-hydrogen) atoms. The molecule has 6 heteroatoms. The second kappa shape index (κ2) is 16.4. The first-order valence-electron chi connectivity index (χ1n) is 11.0. The summed E-state index contributed by atoms with van der Waals surface area (Å²) in [5.74, 6) is 0.339. The Morgan fingerprint density at radius 1 is 0.844 bits per heavy atom. The zero-order chi connectivity index (χ0) is 22.2. The number of nitrogens with two attached hydrogens (primary N) is 1. The van der Waals surface area contributed by atoms with Gasteiger partial charge in [0.15, 0.2) is 0 Å². The number of hydrogen-bond donors (Lipinski definition) is 1. The van der Waals surface area contributed by atoms with Gasteiger partial charge in [-0.25, -0.2) is 0 Å². The van der Waals surface area contributed by atoms with Crippen LogP contribution in [0.3, 0.4) is 0 Å². The standard InChI is InChI=1S/C14H17NO.C7H9N.C5H8O2.ClH/c15-12-14(8-10-16-11-9-14)7-6-13-4-2-1-3-5-13;8-6-7-4-2-1-3-5-7;6-5-1-3-7-4-2-5;/h1-5H,6-11H2;1-5H,6,8H2;1-4H2;1H. The van der Waals surface area contributed by atoms with E-state index in [2.05, 4.69) is 30.3 Å². The fourth-order valence-electron chi connectivity index (χ4n) is 3.42. The van der Waals surface area contributed by atoms with E-state index in [-0.39, 0.29) is 17.8 Å². The van der Waals surface area contributed by atoms with Crippen LogP contribution in [0.2, 0.25) is 0 Å². The van der Waals surface area contributed by atoms with Crippen molar-refractivity contribution in [1.82, 2.24) is 0 Å². The first-order valence-corrected chi connectivity index (χ1v) is 11.0. The number of nitriles is 1. The maximum Gasteiger partial charge on any atom is 0.137 e. The maximum absolute atomic E-state index is 10.4. The highest BCUT2D eigenvalue weighted by Crippen LogP contribution is 2.34. The number of ketones is 1. The Kier molecular flexibility index (Phi) is 14.3. The summed E-state index contributed by atoms with van der Waals surface area (Å²) in [6.45, 7) is 3.39. The fourth-order valence-corrected chi connectivity index (χ4v) is 3.42. The molecule has 4 rings (SSSR count). The molecule has 5 nitrogen and oxygen atoms in total. The van der Waals surface area contributed by atoms with Crippen LogP contribution in [0.1, 0.15) is 43.2 Å². The van der Waals surface area contributed by atoms with Gasteiger partial charge < -0.3 is 15.2 Å². The number of carbonyl (C=O) groups excluding carboxylic acids is 1. The summed E-state index contributed by atoms with van der Waals surface area (Å²) in [5.41, 5.74) is 7.72. The number of rotatable bonds is 4. The van der Waals surface area contributed by atoms with Gasteiger partial charge in [0, 0.05) is 32.6 Å². The Bertz CT molecular complexity index is 780. The van der Waals surface area contributed by atoms with Crippen molar-refractivity contribution < 1.29 is 14.3 Å². The Morgan fingerprint density at radius 3 is 1.75 bits per heavy atom. The Morgan fingerprint density at radius 2 is 1.34 bits per heavy atom. The van der Waals surface area contributed by atoms with E-state index in [0.717, 1.165) is 38.9 Å². The van der Waals surface area contributed by atoms with Gasteiger partial charge in [0.2, 0.25) is 0 Å². The first kappa shape index (κ1) is 27.8. The van der Waals surface area contributed by atoms with E-state index < -0.39 is 0 Å². The van der Waals surface area contributed by atoms with Gasteiger partial charge in [-0.1, -0.05) is 60.7 Å². The Balaban J connectivity index is 0.000000268. The highest BCUT2D eigenvalue weighted by Gasteiger charge is 2.32. The number of ether oxygens (including phenoxy) is 2. The molecule has 174 valence electrons. The lowest BCUT2D eigenvalue weighted by molar-refractivity contribution is -0.124. The van der Waals surface area contributed by atoms with Crippen LogP contribution in [-0.4, -0.2) is 32.2 Å². The maximum atomic E-state index is 10.4. The van der Waals surface area contributed by atoms with Crippen molar-refractivity contribution in [2.24, 2.45) is 11.1 Å². The molecular formula is C26H35ClN2O3. The molecule has 0 saturated carbocycles. The van der Waals surface area contributed by atoms with Crippen molar-refractivity contribution >= 4 is 18.2 Å². The summed E-state index contributed by atoms with van der Waals surface area (Å²) < 4.78 is 10.2. The van der Waals surface area contributed by atoms with Crippen molar-refractivity contribution in [2.75, 3.05) is 26.4 Å². The summed E-state index contributed by atoms with van der Waals surface area (Å²) in [4.78, 5) is 10.4. The molecule has 2 aromatic rings. The minimum absolute atomic E-state index is 0. The van der Waals surface area contributed by atoms with Crippen LogP contribution in [-0.2, 0) is 27.2 Å². The van der Waals surface area contributed by atoms with Crippen LogP contribution < -0.4 is 5.73 Å². The highest BCUT2D eigenvalue weighted by atomic mass is 35.5. The molecular weight excluding hydrogens is 424 g/mol. The highest BCUT2D eigenvalue weighted by molar-refractivity contribution is 5.85. The van der Waals surface area contributed by atoms with Gasteiger partial charge in [-0.05, 0) is 36.8 Å². The van der Waals surface area contributed by atoms with Crippen molar-refractivity contribution in [3.8, 4) is 6.07 Å². The number of nitrogens with zero attached hydrogens (tertiary/aromatic N) is 1. The fraction of sp³-hybridized carbons (Fsp3) is 0.462. The molecule has 2 N–H and O–H groups in total. The minimum atomic E-state index is -0.145. The second-order valence-corrected chi connectivity index (χ2v) is 7.83. The van der Waals surface area contributed by atoms with Crippen LogP contribution >= 0.6 is 12.4 Å². The zero-order valence-corrected chi connectivity index (χ0v) is 19.5. The van der Waals surface area contributed by atoms with E-state index >= 15 is 0 Å². The third-order valence-corrected chi connectivity index (χ3v) is 5.55. The molecule has 2 aliphatic rings. The van der Waals surface area contributed by atoms with E-state index in [1.807, 2.05) is 36.4 Å². The number of Topliss-reactive ketones (excluding diaryl/α,β-unsaturated/α-hetero) is 1. The van der Waals surface area contributed by atoms with Gasteiger partial charge in [-0.15, -0.1) is 12.4 Å². The molecule has 0 aliphatic carbocycles. The minimum Gasteiger partial charge on any atom is -0.381 e. The molecule has 0 amide bonds.